The lowest BCUT2D eigenvalue weighted by Crippen LogP contribution is -2.65. The number of carboxylic acids is 1. The topological polar surface area (TPSA) is 321 Å². The van der Waals surface area contributed by atoms with Crippen LogP contribution in [0.3, 0.4) is 0 Å². The van der Waals surface area contributed by atoms with Gasteiger partial charge in [0.1, 0.15) is 71.8 Å². The third kappa shape index (κ3) is 6.83. The summed E-state index contributed by atoms with van der Waals surface area (Å²) in [4.78, 5) is 53.3. The summed E-state index contributed by atoms with van der Waals surface area (Å²) in [5.74, 6) is -6.63. The summed E-state index contributed by atoms with van der Waals surface area (Å²) in [6.45, 7) is 3.76. The molecular formula is C40H44N2O18. The molecule has 2 fully saturated rings. The highest BCUT2D eigenvalue weighted by Gasteiger charge is 2.51. The van der Waals surface area contributed by atoms with E-state index in [-0.39, 0.29) is 33.6 Å². The first-order chi connectivity index (χ1) is 28.3. The Balaban J connectivity index is 1.37. The standard InChI is InChI=1S/C40H44N2O18/c1-11-6-18-24(31(49)21(11)37(53)42-12(2)38(54)55)23-16(9-17-25(32(23)50)28(46)15-7-14(56-5)8-19(43)22(15)27(17)45)29(47)35(18)59-40-34(52)36(26(41-4)13(3)58-40)60-39-33(51)30(48)20(44)10-57-39/h6-9,12-13,20,26,29-30,33-36,39-41,43-44,47-52H,10H2,1-5H3,(H,42,53)(H,54,55)/t12-,13?,20?,26?,29+,30?,33?,34?,35+,36?,39?,40?/m1/s1. The second-order valence-electron chi connectivity index (χ2n) is 15.1. The number of carboxylic acid groups (broad SMARTS) is 1. The molecule has 20 nitrogen and oxygen atoms in total. The van der Waals surface area contributed by atoms with Gasteiger partial charge in [0.05, 0.1) is 42.6 Å². The maximum Gasteiger partial charge on any atom is 0.325 e. The van der Waals surface area contributed by atoms with Gasteiger partial charge in [-0.05, 0) is 56.6 Å². The molecule has 12 atom stereocenters. The zero-order chi connectivity index (χ0) is 43.8. The number of nitrogens with one attached hydrogen (secondary N) is 2. The molecule has 322 valence electrons. The van der Waals surface area contributed by atoms with Gasteiger partial charge in [0, 0.05) is 28.3 Å². The number of aryl methyl sites for hydroxylation is 1. The predicted octanol–water partition coefficient (Wildman–Crippen LogP) is -0.612. The molecule has 2 aliphatic carbocycles. The van der Waals surface area contributed by atoms with Crippen molar-refractivity contribution in [1.82, 2.24) is 10.6 Å². The first kappa shape index (κ1) is 42.8. The third-order valence-corrected chi connectivity index (χ3v) is 11.4. The summed E-state index contributed by atoms with van der Waals surface area (Å²) in [5, 5.41) is 104. The smallest absolute Gasteiger partial charge is 0.325 e. The molecule has 20 heteroatoms. The summed E-state index contributed by atoms with van der Waals surface area (Å²) < 4.78 is 28.9. The summed E-state index contributed by atoms with van der Waals surface area (Å²) >= 11 is 0. The van der Waals surface area contributed by atoms with Crippen LogP contribution < -0.4 is 15.4 Å². The molecule has 2 heterocycles. The number of fused-ring (bicyclic) bond motifs is 5. The number of carbonyl (C=O) groups is 4. The second kappa shape index (κ2) is 16.0. The van der Waals surface area contributed by atoms with E-state index >= 15 is 0 Å². The molecule has 4 aliphatic rings. The zero-order valence-electron chi connectivity index (χ0n) is 32.6. The number of aliphatic hydroxyl groups excluding tert-OH is 5. The van der Waals surface area contributed by atoms with Crippen LogP contribution >= 0.6 is 0 Å². The minimum Gasteiger partial charge on any atom is -0.507 e. The van der Waals surface area contributed by atoms with Gasteiger partial charge >= 0.3 is 5.97 Å². The van der Waals surface area contributed by atoms with E-state index in [2.05, 4.69) is 10.6 Å². The van der Waals surface area contributed by atoms with Crippen molar-refractivity contribution in [2.45, 2.75) is 94.3 Å². The second-order valence-corrected chi connectivity index (χ2v) is 15.1. The van der Waals surface area contributed by atoms with Crippen molar-refractivity contribution in [3.8, 4) is 34.1 Å². The Labute approximate surface area is 340 Å². The summed E-state index contributed by atoms with van der Waals surface area (Å²) in [6.07, 6.45) is -15.5. The third-order valence-electron chi connectivity index (χ3n) is 11.4. The Morgan fingerprint density at radius 3 is 2.13 bits per heavy atom. The molecule has 0 aromatic heterocycles. The summed E-state index contributed by atoms with van der Waals surface area (Å²) in [5.41, 5.74) is -3.36. The molecule has 7 rings (SSSR count). The molecule has 2 aliphatic heterocycles. The van der Waals surface area contributed by atoms with Crippen LogP contribution in [0.15, 0.2) is 24.3 Å². The number of carbonyl (C=O) groups excluding carboxylic acids is 3. The van der Waals surface area contributed by atoms with Crippen LogP contribution in [0.25, 0.3) is 11.1 Å². The summed E-state index contributed by atoms with van der Waals surface area (Å²) in [6, 6.07) is 2.44. The van der Waals surface area contributed by atoms with Gasteiger partial charge in [-0.2, -0.15) is 0 Å². The maximum atomic E-state index is 14.1. The van der Waals surface area contributed by atoms with E-state index in [1.165, 1.54) is 40.1 Å². The van der Waals surface area contributed by atoms with Crippen LogP contribution in [0.4, 0.5) is 0 Å². The molecule has 0 spiro atoms. The molecule has 2 saturated heterocycles. The number of ketones is 2. The normalized spacial score (nSPS) is 30.1. The number of hydrogen-bond acceptors (Lipinski definition) is 18. The average Bonchev–Trinajstić information content (AvgIpc) is 3.19. The van der Waals surface area contributed by atoms with Crippen LogP contribution in [0.1, 0.15) is 84.9 Å². The zero-order valence-corrected chi connectivity index (χ0v) is 32.6. The van der Waals surface area contributed by atoms with Crippen LogP contribution in [0, 0.1) is 6.92 Å². The first-order valence-electron chi connectivity index (χ1n) is 18.8. The molecule has 3 aromatic carbocycles. The van der Waals surface area contributed by atoms with E-state index in [1.807, 2.05) is 0 Å². The van der Waals surface area contributed by atoms with E-state index in [1.54, 1.807) is 6.92 Å². The van der Waals surface area contributed by atoms with Crippen LogP contribution in [-0.2, 0) is 23.7 Å². The molecular weight excluding hydrogens is 796 g/mol. The Morgan fingerprint density at radius 2 is 1.48 bits per heavy atom. The Morgan fingerprint density at radius 1 is 0.833 bits per heavy atom. The van der Waals surface area contributed by atoms with E-state index in [0.29, 0.717) is 0 Å². The molecule has 60 heavy (non-hydrogen) atoms. The highest BCUT2D eigenvalue weighted by molar-refractivity contribution is 6.31. The first-order valence-corrected chi connectivity index (χ1v) is 18.8. The van der Waals surface area contributed by atoms with Gasteiger partial charge in [-0.25, -0.2) is 0 Å². The van der Waals surface area contributed by atoms with Gasteiger partial charge in [-0.15, -0.1) is 0 Å². The molecule has 3 aromatic rings. The number of likely N-dealkylation sites (N-methyl/N-ethyl adjacent to an activating group) is 1. The van der Waals surface area contributed by atoms with Gasteiger partial charge in [-0.1, -0.05) is 6.07 Å². The number of aromatic hydroxyl groups is 3. The molecule has 9 unspecified atom stereocenters. The number of ether oxygens (including phenoxy) is 5. The lowest BCUT2D eigenvalue weighted by molar-refractivity contribution is -0.339. The number of hydrogen-bond donors (Lipinski definition) is 11. The van der Waals surface area contributed by atoms with Crippen molar-refractivity contribution in [3.05, 3.63) is 68.8 Å². The largest absolute Gasteiger partial charge is 0.507 e. The SMILES string of the molecule is CNC1C(C)OC(O[C@H]2c3cc(C)c(C(=O)N[C@H](C)C(=O)O)c(O)c3-c3c(cc4c(c3O)C(=O)c3cc(OC)cc(O)c3C4=O)[C@@H]2O)C(O)C1OC1OCC(O)C(O)C1O. The molecule has 11 N–H and O–H groups in total. The van der Waals surface area contributed by atoms with Crippen LogP contribution in [0.2, 0.25) is 0 Å². The van der Waals surface area contributed by atoms with E-state index in [4.69, 9.17) is 23.7 Å². The fraction of sp³-hybridized carbons (Fsp3) is 0.450. The van der Waals surface area contributed by atoms with Gasteiger partial charge in [0.15, 0.2) is 24.1 Å². The van der Waals surface area contributed by atoms with E-state index < -0.39 is 149 Å². The fourth-order valence-electron chi connectivity index (χ4n) is 8.30. The number of amides is 1. The number of phenolic OH excluding ortho intramolecular Hbond substituents is 3. The van der Waals surface area contributed by atoms with Gasteiger partial charge in [0.25, 0.3) is 5.91 Å². The molecule has 0 radical (unpaired) electrons. The van der Waals surface area contributed by atoms with Crippen molar-refractivity contribution < 1.29 is 88.8 Å². The quantitative estimate of drug-likeness (QED) is 0.100. The Bertz CT molecular complexity index is 2280. The number of methoxy groups -OCH3 is 1. The number of aliphatic hydroxyl groups is 5. The van der Waals surface area contributed by atoms with Gasteiger partial charge in [-0.3, -0.25) is 19.2 Å². The van der Waals surface area contributed by atoms with Crippen molar-refractivity contribution in [1.29, 1.82) is 0 Å². The number of benzene rings is 3. The Kier molecular flexibility index (Phi) is 11.4. The fourth-order valence-corrected chi connectivity index (χ4v) is 8.30. The van der Waals surface area contributed by atoms with E-state index in [9.17, 15) is 65.1 Å². The van der Waals surface area contributed by atoms with Crippen molar-refractivity contribution >= 4 is 23.4 Å². The molecule has 1 amide bonds. The summed E-state index contributed by atoms with van der Waals surface area (Å²) in [7, 11) is 2.80. The average molecular weight is 841 g/mol. The minimum absolute atomic E-state index is 0.0161. The highest BCUT2D eigenvalue weighted by Crippen LogP contribution is 2.57. The number of rotatable bonds is 9. The Hall–Kier alpha value is -5.26. The lowest BCUT2D eigenvalue weighted by atomic mass is 9.74. The van der Waals surface area contributed by atoms with Gasteiger partial charge < -0.3 is 80.3 Å². The highest BCUT2D eigenvalue weighted by atomic mass is 16.7. The van der Waals surface area contributed by atoms with E-state index in [0.717, 1.165) is 12.1 Å². The van der Waals surface area contributed by atoms with Crippen LogP contribution in [0.5, 0.6) is 23.0 Å². The van der Waals surface area contributed by atoms with Gasteiger partial charge in [0.2, 0.25) is 0 Å². The van der Waals surface area contributed by atoms with Crippen molar-refractivity contribution in [3.63, 3.8) is 0 Å². The molecule has 0 bridgehead atoms. The monoisotopic (exact) mass is 840 g/mol. The maximum absolute atomic E-state index is 14.1. The number of phenols is 3. The van der Waals surface area contributed by atoms with Crippen molar-refractivity contribution in [2.24, 2.45) is 0 Å². The lowest BCUT2D eigenvalue weighted by Gasteiger charge is -2.47. The predicted molar refractivity (Wildman–Crippen MR) is 201 cm³/mol. The van der Waals surface area contributed by atoms with Crippen molar-refractivity contribution in [2.75, 3.05) is 20.8 Å². The molecule has 0 saturated carbocycles. The van der Waals surface area contributed by atoms with Crippen LogP contribution in [-0.4, -0.2) is 151 Å². The number of aliphatic carboxylic acids is 1. The minimum atomic E-state index is -1.89.